The maximum Gasteiger partial charge on any atom is 0.251 e. The number of hydrogen-bond acceptors (Lipinski definition) is 4. The first-order valence-electron chi connectivity index (χ1n) is 11.2. The van der Waals surface area contributed by atoms with Crippen LogP contribution >= 0.6 is 11.6 Å². The summed E-state index contributed by atoms with van der Waals surface area (Å²) in [5, 5.41) is 3.67. The Bertz CT molecular complexity index is 892. The number of carbonyl (C=O) groups excluding carboxylic acids is 2. The van der Waals surface area contributed by atoms with Crippen molar-refractivity contribution < 1.29 is 14.3 Å². The molecule has 1 unspecified atom stereocenters. The van der Waals surface area contributed by atoms with Crippen molar-refractivity contribution in [1.82, 2.24) is 15.1 Å². The third-order valence-corrected chi connectivity index (χ3v) is 5.90. The van der Waals surface area contributed by atoms with Crippen molar-refractivity contribution in [3.63, 3.8) is 0 Å². The van der Waals surface area contributed by atoms with Crippen molar-refractivity contribution in [2.45, 2.75) is 33.4 Å². The van der Waals surface area contributed by atoms with E-state index in [1.807, 2.05) is 49.9 Å². The molecule has 0 bridgehead atoms. The summed E-state index contributed by atoms with van der Waals surface area (Å²) in [4.78, 5) is 30.2. The predicted octanol–water partition coefficient (Wildman–Crippen LogP) is 3.84. The van der Waals surface area contributed by atoms with Gasteiger partial charge in [-0.05, 0) is 54.8 Å². The van der Waals surface area contributed by atoms with E-state index in [1.165, 1.54) is 5.56 Å². The molecule has 0 aliphatic carbocycles. The molecule has 6 nitrogen and oxygen atoms in total. The van der Waals surface area contributed by atoms with E-state index in [-0.39, 0.29) is 17.7 Å². The summed E-state index contributed by atoms with van der Waals surface area (Å²) in [7, 11) is 0. The van der Waals surface area contributed by atoms with Crippen LogP contribution in [0, 0.1) is 5.92 Å². The zero-order chi connectivity index (χ0) is 23.1. The van der Waals surface area contributed by atoms with Crippen molar-refractivity contribution in [1.29, 1.82) is 0 Å². The summed E-state index contributed by atoms with van der Waals surface area (Å²) in [6, 6.07) is 14.3. The fourth-order valence-electron chi connectivity index (χ4n) is 3.78. The highest BCUT2D eigenvalue weighted by Gasteiger charge is 2.31. The number of halogens is 1. The quantitative estimate of drug-likeness (QED) is 0.654. The van der Waals surface area contributed by atoms with Gasteiger partial charge in [-0.3, -0.25) is 14.5 Å². The van der Waals surface area contributed by atoms with Gasteiger partial charge in [0.25, 0.3) is 5.91 Å². The molecule has 172 valence electrons. The fraction of sp³-hybridized carbons (Fsp3) is 0.440. The average Bonchev–Trinajstić information content (AvgIpc) is 2.79. The number of rotatable bonds is 8. The van der Waals surface area contributed by atoms with Crippen LogP contribution in [0.25, 0.3) is 0 Å². The van der Waals surface area contributed by atoms with Gasteiger partial charge in [0.2, 0.25) is 5.91 Å². The number of hydrogen-bond donors (Lipinski definition) is 1. The average molecular weight is 458 g/mol. The van der Waals surface area contributed by atoms with Crippen molar-refractivity contribution in [3.05, 3.63) is 64.7 Å². The van der Waals surface area contributed by atoms with E-state index in [2.05, 4.69) is 10.2 Å². The lowest BCUT2D eigenvalue weighted by atomic mass is 10.0. The standard InChI is InChI=1S/C25H32ClN3O3/c1-4-32-22-11-7-20(8-12-22)24(30)27-23(18(2)3)25(31)29-15-13-28(14-16-29)17-19-5-9-21(26)10-6-19/h5-12,18,23H,4,13-17H2,1-3H3,(H,27,30). The molecule has 0 spiro atoms. The minimum Gasteiger partial charge on any atom is -0.494 e. The number of nitrogens with zero attached hydrogens (tertiary/aromatic N) is 2. The molecular weight excluding hydrogens is 426 g/mol. The normalized spacial score (nSPS) is 15.5. The second kappa shape index (κ2) is 11.3. The van der Waals surface area contributed by atoms with E-state index < -0.39 is 6.04 Å². The van der Waals surface area contributed by atoms with Gasteiger partial charge in [-0.1, -0.05) is 37.6 Å². The van der Waals surface area contributed by atoms with E-state index in [4.69, 9.17) is 16.3 Å². The smallest absolute Gasteiger partial charge is 0.251 e. The summed E-state index contributed by atoms with van der Waals surface area (Å²) in [5.41, 5.74) is 1.72. The van der Waals surface area contributed by atoms with Crippen molar-refractivity contribution in [3.8, 4) is 5.75 Å². The zero-order valence-corrected chi connectivity index (χ0v) is 19.8. The number of amides is 2. The zero-order valence-electron chi connectivity index (χ0n) is 19.0. The number of benzene rings is 2. The molecule has 32 heavy (non-hydrogen) atoms. The molecule has 1 N–H and O–H groups in total. The van der Waals surface area contributed by atoms with Crippen molar-refractivity contribution in [2.75, 3.05) is 32.8 Å². The molecule has 2 aromatic rings. The molecule has 1 aliphatic heterocycles. The Morgan fingerprint density at radius 1 is 1.00 bits per heavy atom. The lowest BCUT2D eigenvalue weighted by molar-refractivity contribution is -0.136. The summed E-state index contributed by atoms with van der Waals surface area (Å²) in [6.45, 7) is 10.1. The molecule has 2 amide bonds. The molecule has 0 aromatic heterocycles. The summed E-state index contributed by atoms with van der Waals surface area (Å²) >= 11 is 5.96. The Kier molecular flexibility index (Phi) is 8.53. The predicted molar refractivity (Wildman–Crippen MR) is 127 cm³/mol. The van der Waals surface area contributed by atoms with Gasteiger partial charge in [-0.15, -0.1) is 0 Å². The number of piperazine rings is 1. The molecule has 1 aliphatic rings. The van der Waals surface area contributed by atoms with Gasteiger partial charge >= 0.3 is 0 Å². The molecule has 1 heterocycles. The van der Waals surface area contributed by atoms with Gasteiger partial charge in [-0.25, -0.2) is 0 Å². The number of ether oxygens (including phenoxy) is 1. The van der Waals surface area contributed by atoms with Crippen LogP contribution in [0.2, 0.25) is 5.02 Å². The van der Waals surface area contributed by atoms with E-state index in [0.717, 1.165) is 30.4 Å². The highest BCUT2D eigenvalue weighted by atomic mass is 35.5. The second-order valence-electron chi connectivity index (χ2n) is 8.38. The molecule has 2 aromatic carbocycles. The van der Waals surface area contributed by atoms with Crippen LogP contribution in [0.5, 0.6) is 5.75 Å². The molecule has 7 heteroatoms. The van der Waals surface area contributed by atoms with E-state index in [9.17, 15) is 9.59 Å². The molecule has 1 atom stereocenters. The topological polar surface area (TPSA) is 61.9 Å². The maximum absolute atomic E-state index is 13.2. The van der Waals surface area contributed by atoms with Gasteiger partial charge in [0.05, 0.1) is 6.61 Å². The Morgan fingerprint density at radius 3 is 2.19 bits per heavy atom. The highest BCUT2D eigenvalue weighted by molar-refractivity contribution is 6.30. The molecule has 1 fully saturated rings. The van der Waals surface area contributed by atoms with Crippen molar-refractivity contribution >= 4 is 23.4 Å². The third-order valence-electron chi connectivity index (χ3n) is 5.65. The minimum absolute atomic E-state index is 0.0127. The van der Waals surface area contributed by atoms with Crippen LogP contribution in [-0.4, -0.2) is 60.4 Å². The summed E-state index contributed by atoms with van der Waals surface area (Å²) in [5.74, 6) is 0.435. The Balaban J connectivity index is 1.55. The SMILES string of the molecule is CCOc1ccc(C(=O)NC(C(=O)N2CCN(Cc3ccc(Cl)cc3)CC2)C(C)C)cc1. The van der Waals surface area contributed by atoms with Crippen LogP contribution in [0.3, 0.4) is 0 Å². The lowest BCUT2D eigenvalue weighted by Crippen LogP contribution is -2.56. The summed E-state index contributed by atoms with van der Waals surface area (Å²) in [6.07, 6.45) is 0. The van der Waals surface area contributed by atoms with Gasteiger partial charge in [-0.2, -0.15) is 0 Å². The highest BCUT2D eigenvalue weighted by Crippen LogP contribution is 2.16. The largest absolute Gasteiger partial charge is 0.494 e. The lowest BCUT2D eigenvalue weighted by Gasteiger charge is -2.37. The first-order chi connectivity index (χ1) is 15.4. The van der Waals surface area contributed by atoms with Crippen LogP contribution in [-0.2, 0) is 11.3 Å². The summed E-state index contributed by atoms with van der Waals surface area (Å²) < 4.78 is 5.43. The van der Waals surface area contributed by atoms with Crippen LogP contribution in [0.4, 0.5) is 0 Å². The fourth-order valence-corrected chi connectivity index (χ4v) is 3.90. The molecule has 3 rings (SSSR count). The van der Waals surface area contributed by atoms with Crippen LogP contribution in [0.15, 0.2) is 48.5 Å². The molecular formula is C25H32ClN3O3. The van der Waals surface area contributed by atoms with Crippen LogP contribution < -0.4 is 10.1 Å². The van der Waals surface area contributed by atoms with E-state index >= 15 is 0 Å². The van der Waals surface area contributed by atoms with Gasteiger partial charge < -0.3 is 15.0 Å². The Labute approximate surface area is 195 Å². The molecule has 0 saturated carbocycles. The van der Waals surface area contributed by atoms with E-state index in [0.29, 0.717) is 25.3 Å². The first kappa shape index (κ1) is 24.1. The van der Waals surface area contributed by atoms with Gasteiger partial charge in [0, 0.05) is 43.3 Å². The van der Waals surface area contributed by atoms with E-state index in [1.54, 1.807) is 24.3 Å². The monoisotopic (exact) mass is 457 g/mol. The molecule has 0 radical (unpaired) electrons. The number of carbonyl (C=O) groups is 2. The Morgan fingerprint density at radius 2 is 1.62 bits per heavy atom. The third kappa shape index (κ3) is 6.47. The van der Waals surface area contributed by atoms with Gasteiger partial charge in [0.15, 0.2) is 0 Å². The van der Waals surface area contributed by atoms with Crippen molar-refractivity contribution in [2.24, 2.45) is 5.92 Å². The second-order valence-corrected chi connectivity index (χ2v) is 8.82. The van der Waals surface area contributed by atoms with Crippen LogP contribution in [0.1, 0.15) is 36.7 Å². The van der Waals surface area contributed by atoms with Gasteiger partial charge in [0.1, 0.15) is 11.8 Å². The number of nitrogens with one attached hydrogen (secondary N) is 1. The maximum atomic E-state index is 13.2. The minimum atomic E-state index is -0.558. The first-order valence-corrected chi connectivity index (χ1v) is 11.5. The Hall–Kier alpha value is -2.57. The molecule has 1 saturated heterocycles.